The molecular weight excluding hydrogens is 372 g/mol. The van der Waals surface area contributed by atoms with Gasteiger partial charge in [-0.1, -0.05) is 19.1 Å². The summed E-state index contributed by atoms with van der Waals surface area (Å²) in [5, 5.41) is 6.90. The Morgan fingerprint density at radius 2 is 1.88 bits per heavy atom. The number of carbonyl (C=O) groups is 1. The Kier molecular flexibility index (Phi) is 10.8. The first-order valence-electron chi connectivity index (χ1n) is 7.29. The summed E-state index contributed by atoms with van der Waals surface area (Å²) in [6.45, 7) is 6.10. The zero-order chi connectivity index (χ0) is 15.9. The van der Waals surface area contributed by atoms with Crippen molar-refractivity contribution < 1.29 is 9.18 Å². The zero-order valence-electron chi connectivity index (χ0n) is 13.6. The first-order valence-corrected chi connectivity index (χ1v) is 8.11. The highest BCUT2D eigenvalue weighted by atomic mass is 35.5. The molecule has 1 aromatic carbocycles. The Bertz CT molecular complexity index is 635. The van der Waals surface area contributed by atoms with E-state index in [0.29, 0.717) is 17.8 Å². The van der Waals surface area contributed by atoms with E-state index in [-0.39, 0.29) is 36.5 Å². The first-order chi connectivity index (χ1) is 10.6. The lowest BCUT2D eigenvalue weighted by Crippen LogP contribution is -2.31. The van der Waals surface area contributed by atoms with Crippen LogP contribution in [0, 0.1) is 12.7 Å². The third-order valence-electron chi connectivity index (χ3n) is 3.15. The Labute approximate surface area is 158 Å². The highest BCUT2D eigenvalue weighted by Crippen LogP contribution is 2.21. The van der Waals surface area contributed by atoms with Gasteiger partial charge in [0.1, 0.15) is 10.7 Å². The van der Waals surface area contributed by atoms with Crippen LogP contribution in [-0.2, 0) is 6.42 Å². The van der Waals surface area contributed by atoms with Crippen LogP contribution in [-0.4, -0.2) is 30.5 Å². The molecule has 8 heteroatoms. The maximum absolute atomic E-state index is 12.9. The van der Waals surface area contributed by atoms with Crippen molar-refractivity contribution in [3.63, 3.8) is 0 Å². The number of nitrogens with one attached hydrogen (secondary N) is 2. The van der Waals surface area contributed by atoms with Crippen molar-refractivity contribution in [2.75, 3.05) is 19.6 Å². The number of amides is 1. The van der Waals surface area contributed by atoms with Gasteiger partial charge in [0.15, 0.2) is 0 Å². The minimum atomic E-state index is -0.250. The quantitative estimate of drug-likeness (QED) is 0.708. The number of likely N-dealkylation sites (N-methyl/N-ethyl adjacent to an activating group) is 1. The molecule has 24 heavy (non-hydrogen) atoms. The summed E-state index contributed by atoms with van der Waals surface area (Å²) in [5.74, 6) is -0.335. The number of aromatic nitrogens is 1. The van der Waals surface area contributed by atoms with Gasteiger partial charge >= 0.3 is 0 Å². The number of hydrogen-bond donors (Lipinski definition) is 2. The minimum absolute atomic E-state index is 0. The third-order valence-corrected chi connectivity index (χ3v) is 4.31. The topological polar surface area (TPSA) is 54.0 Å². The molecule has 0 saturated heterocycles. The van der Waals surface area contributed by atoms with Gasteiger partial charge in [0, 0.05) is 19.5 Å². The SMILES string of the molecule is CCNCCNC(=O)c1sc(Cc2ccc(F)cc2)nc1C.Cl.Cl. The molecule has 2 rings (SSSR count). The number of benzene rings is 1. The number of hydrogen-bond acceptors (Lipinski definition) is 4. The molecule has 0 aliphatic carbocycles. The fraction of sp³-hybridized carbons (Fsp3) is 0.375. The molecule has 1 heterocycles. The van der Waals surface area contributed by atoms with Gasteiger partial charge < -0.3 is 10.6 Å². The maximum atomic E-state index is 12.9. The van der Waals surface area contributed by atoms with Gasteiger partial charge in [0.25, 0.3) is 5.91 Å². The summed E-state index contributed by atoms with van der Waals surface area (Å²) >= 11 is 1.39. The molecule has 2 N–H and O–H groups in total. The molecule has 1 aromatic heterocycles. The normalized spacial score (nSPS) is 9.79. The van der Waals surface area contributed by atoms with Crippen LogP contribution >= 0.6 is 36.2 Å². The van der Waals surface area contributed by atoms with Crippen molar-refractivity contribution in [2.24, 2.45) is 0 Å². The number of aryl methyl sites for hydroxylation is 1. The van der Waals surface area contributed by atoms with Crippen molar-refractivity contribution in [3.05, 3.63) is 51.2 Å². The van der Waals surface area contributed by atoms with Crippen molar-refractivity contribution in [2.45, 2.75) is 20.3 Å². The predicted octanol–water partition coefficient (Wildman–Crippen LogP) is 3.36. The second-order valence-electron chi connectivity index (χ2n) is 4.93. The standard InChI is InChI=1S/C16H20FN3OS.2ClH/c1-3-18-8-9-19-16(21)15-11(2)20-14(22-15)10-12-4-6-13(17)7-5-12;;/h4-7,18H,3,8-10H2,1-2H3,(H,19,21);2*1H. The summed E-state index contributed by atoms with van der Waals surface area (Å²) in [5.41, 5.74) is 1.72. The van der Waals surface area contributed by atoms with Crippen molar-refractivity contribution in [1.82, 2.24) is 15.6 Å². The highest BCUT2D eigenvalue weighted by Gasteiger charge is 2.15. The van der Waals surface area contributed by atoms with E-state index in [9.17, 15) is 9.18 Å². The molecule has 4 nitrogen and oxygen atoms in total. The van der Waals surface area contributed by atoms with Gasteiger partial charge in [-0.3, -0.25) is 4.79 Å². The van der Waals surface area contributed by atoms with Gasteiger partial charge in [-0.25, -0.2) is 9.37 Å². The zero-order valence-corrected chi connectivity index (χ0v) is 16.0. The summed E-state index contributed by atoms with van der Waals surface area (Å²) in [4.78, 5) is 17.2. The van der Waals surface area contributed by atoms with E-state index in [4.69, 9.17) is 0 Å². The lowest BCUT2D eigenvalue weighted by molar-refractivity contribution is 0.0957. The molecule has 0 aliphatic rings. The molecular formula is C16H22Cl2FN3OS. The molecule has 0 radical (unpaired) electrons. The van der Waals surface area contributed by atoms with E-state index in [1.54, 1.807) is 12.1 Å². The molecule has 2 aromatic rings. The van der Waals surface area contributed by atoms with Crippen LogP contribution in [0.3, 0.4) is 0 Å². The molecule has 1 amide bonds. The van der Waals surface area contributed by atoms with Crippen LogP contribution in [0.25, 0.3) is 0 Å². The maximum Gasteiger partial charge on any atom is 0.263 e. The summed E-state index contributed by atoms with van der Waals surface area (Å²) in [6.07, 6.45) is 0.608. The van der Waals surface area contributed by atoms with Crippen LogP contribution in [0.2, 0.25) is 0 Å². The predicted molar refractivity (Wildman–Crippen MR) is 101 cm³/mol. The van der Waals surface area contributed by atoms with Gasteiger partial charge in [-0.2, -0.15) is 0 Å². The smallest absolute Gasteiger partial charge is 0.263 e. The Morgan fingerprint density at radius 1 is 1.21 bits per heavy atom. The summed E-state index contributed by atoms with van der Waals surface area (Å²) in [6, 6.07) is 6.35. The number of thiazole rings is 1. The largest absolute Gasteiger partial charge is 0.350 e. The molecule has 0 aliphatic heterocycles. The van der Waals surface area contributed by atoms with E-state index in [2.05, 4.69) is 15.6 Å². The second-order valence-corrected chi connectivity index (χ2v) is 6.02. The van der Waals surface area contributed by atoms with E-state index in [0.717, 1.165) is 29.4 Å². The minimum Gasteiger partial charge on any atom is -0.350 e. The van der Waals surface area contributed by atoms with Crippen molar-refractivity contribution >= 4 is 42.1 Å². The van der Waals surface area contributed by atoms with Crippen LogP contribution in [0.5, 0.6) is 0 Å². The van der Waals surface area contributed by atoms with E-state index in [1.165, 1.54) is 23.5 Å². The van der Waals surface area contributed by atoms with E-state index < -0.39 is 0 Å². The molecule has 0 spiro atoms. The van der Waals surface area contributed by atoms with Gasteiger partial charge in [0.2, 0.25) is 0 Å². The summed E-state index contributed by atoms with van der Waals surface area (Å²) in [7, 11) is 0. The van der Waals surface area contributed by atoms with Crippen LogP contribution in [0.15, 0.2) is 24.3 Å². The number of rotatable bonds is 7. The van der Waals surface area contributed by atoms with Crippen LogP contribution in [0.1, 0.15) is 32.9 Å². The first kappa shape index (κ1) is 22.8. The molecule has 0 unspecified atom stereocenters. The summed E-state index contributed by atoms with van der Waals surface area (Å²) < 4.78 is 12.9. The molecule has 0 atom stereocenters. The van der Waals surface area contributed by atoms with Crippen LogP contribution in [0.4, 0.5) is 4.39 Å². The molecule has 0 saturated carbocycles. The van der Waals surface area contributed by atoms with Crippen LogP contribution < -0.4 is 10.6 Å². The Hall–Kier alpha value is -1.21. The number of carbonyl (C=O) groups excluding carboxylic acids is 1. The molecule has 0 bridgehead atoms. The van der Waals surface area contributed by atoms with Gasteiger partial charge in [-0.05, 0) is 31.2 Å². The lowest BCUT2D eigenvalue weighted by atomic mass is 10.1. The monoisotopic (exact) mass is 393 g/mol. The third kappa shape index (κ3) is 6.73. The Morgan fingerprint density at radius 3 is 2.50 bits per heavy atom. The average Bonchev–Trinajstić information content (AvgIpc) is 2.86. The van der Waals surface area contributed by atoms with E-state index >= 15 is 0 Å². The molecule has 0 fully saturated rings. The lowest BCUT2D eigenvalue weighted by Gasteiger charge is -2.04. The van der Waals surface area contributed by atoms with Crippen molar-refractivity contribution in [3.8, 4) is 0 Å². The number of nitrogens with zero attached hydrogens (tertiary/aromatic N) is 1. The average molecular weight is 394 g/mol. The number of halogens is 3. The fourth-order valence-corrected chi connectivity index (χ4v) is 3.05. The van der Waals surface area contributed by atoms with Gasteiger partial charge in [0.05, 0.1) is 10.7 Å². The molecule has 134 valence electrons. The van der Waals surface area contributed by atoms with Gasteiger partial charge in [-0.15, -0.1) is 36.2 Å². The Balaban J connectivity index is 0.00000264. The second kappa shape index (κ2) is 11.4. The van der Waals surface area contributed by atoms with E-state index in [1.807, 2.05) is 13.8 Å². The van der Waals surface area contributed by atoms with Crippen molar-refractivity contribution in [1.29, 1.82) is 0 Å². The fourth-order valence-electron chi connectivity index (χ4n) is 2.04. The highest BCUT2D eigenvalue weighted by molar-refractivity contribution is 7.13.